The molecule has 1 aliphatic heterocycles. The predicted molar refractivity (Wildman–Crippen MR) is 110 cm³/mol. The molecule has 1 saturated heterocycles. The van der Waals surface area contributed by atoms with Crippen LogP contribution in [0.1, 0.15) is 31.2 Å². The third-order valence-electron chi connectivity index (χ3n) is 6.35. The van der Waals surface area contributed by atoms with Crippen molar-refractivity contribution < 1.29 is 23.0 Å². The molecular weight excluding hydrogens is 388 g/mol. The smallest absolute Gasteiger partial charge is 0.189 e. The molecule has 160 valence electrons. The molecule has 0 aromatic heterocycles. The minimum absolute atomic E-state index is 0.111. The minimum Gasteiger partial charge on any atom is -0.498 e. The first-order valence-electron chi connectivity index (χ1n) is 10.3. The largest absolute Gasteiger partial charge is 0.498 e. The summed E-state index contributed by atoms with van der Waals surface area (Å²) in [5.74, 6) is 0.282. The first-order valence-corrected chi connectivity index (χ1v) is 10.3. The van der Waals surface area contributed by atoms with Crippen molar-refractivity contribution in [3.63, 3.8) is 0 Å². The van der Waals surface area contributed by atoms with Gasteiger partial charge in [0.05, 0.1) is 7.11 Å². The molecule has 0 amide bonds. The van der Waals surface area contributed by atoms with E-state index in [1.54, 1.807) is 32.4 Å². The summed E-state index contributed by atoms with van der Waals surface area (Å²) in [5.41, 5.74) is 1.23. The monoisotopic (exact) mass is 415 g/mol. The second-order valence-corrected chi connectivity index (χ2v) is 8.27. The Balaban J connectivity index is 1.42. The van der Waals surface area contributed by atoms with E-state index in [4.69, 9.17) is 9.47 Å². The highest BCUT2D eigenvalue weighted by Gasteiger charge is 2.38. The molecule has 1 heterocycles. The number of alkyl halides is 1. The number of rotatable bonds is 5. The lowest BCUT2D eigenvalue weighted by atomic mass is 9.89. The summed E-state index contributed by atoms with van der Waals surface area (Å²) in [4.78, 5) is 14.9. The maximum atomic E-state index is 15.5. The van der Waals surface area contributed by atoms with Gasteiger partial charge in [0.15, 0.2) is 5.78 Å². The Kier molecular flexibility index (Phi) is 5.89. The van der Waals surface area contributed by atoms with Gasteiger partial charge in [-0.1, -0.05) is 23.8 Å². The first-order chi connectivity index (χ1) is 14.4. The summed E-state index contributed by atoms with van der Waals surface area (Å²) in [6.07, 6.45) is 4.71. The normalized spacial score (nSPS) is 25.5. The van der Waals surface area contributed by atoms with Crippen molar-refractivity contribution in [1.82, 2.24) is 4.90 Å². The summed E-state index contributed by atoms with van der Waals surface area (Å²) in [7, 11) is 3.17. The molecule has 30 heavy (non-hydrogen) atoms. The van der Waals surface area contributed by atoms with Crippen molar-refractivity contribution in [2.45, 2.75) is 44.0 Å². The fourth-order valence-electron chi connectivity index (χ4n) is 4.56. The number of allylic oxidation sites excluding steroid dienone is 4. The van der Waals surface area contributed by atoms with Crippen molar-refractivity contribution in [2.24, 2.45) is 0 Å². The van der Waals surface area contributed by atoms with Crippen LogP contribution >= 0.6 is 0 Å². The summed E-state index contributed by atoms with van der Waals surface area (Å²) < 4.78 is 40.2. The summed E-state index contributed by atoms with van der Waals surface area (Å²) >= 11 is 0. The van der Waals surface area contributed by atoms with Crippen LogP contribution in [0.15, 0.2) is 58.9 Å². The third kappa shape index (κ3) is 4.12. The molecule has 3 aliphatic rings. The summed E-state index contributed by atoms with van der Waals surface area (Å²) in [5, 5.41) is 0. The number of Topliss-reactive ketones (excluding diaryl/α,β-unsaturated/α-hetero) is 1. The number of likely N-dealkylation sites (tertiary alicyclic amines) is 1. The van der Waals surface area contributed by atoms with Crippen LogP contribution in [0, 0.1) is 5.82 Å². The lowest BCUT2D eigenvalue weighted by Gasteiger charge is -2.35. The zero-order valence-electron chi connectivity index (χ0n) is 17.4. The molecule has 6 heteroatoms. The van der Waals surface area contributed by atoms with Gasteiger partial charge in [0.25, 0.3) is 0 Å². The zero-order chi connectivity index (χ0) is 21.3. The van der Waals surface area contributed by atoms with E-state index in [1.165, 1.54) is 12.1 Å². The van der Waals surface area contributed by atoms with Crippen molar-refractivity contribution in [2.75, 3.05) is 27.3 Å². The van der Waals surface area contributed by atoms with Crippen molar-refractivity contribution in [3.05, 3.63) is 70.3 Å². The molecule has 1 aromatic carbocycles. The molecule has 1 unspecified atom stereocenters. The molecule has 0 bridgehead atoms. The van der Waals surface area contributed by atoms with Crippen molar-refractivity contribution >= 4 is 5.78 Å². The lowest BCUT2D eigenvalue weighted by Crippen LogP contribution is -2.40. The topological polar surface area (TPSA) is 38.8 Å². The van der Waals surface area contributed by atoms with Crippen LogP contribution in [-0.2, 0) is 20.8 Å². The van der Waals surface area contributed by atoms with E-state index in [9.17, 15) is 9.18 Å². The van der Waals surface area contributed by atoms with E-state index in [-0.39, 0.29) is 17.7 Å². The second kappa shape index (κ2) is 8.44. The molecule has 0 spiro atoms. The van der Waals surface area contributed by atoms with E-state index in [1.807, 2.05) is 6.07 Å². The summed E-state index contributed by atoms with van der Waals surface area (Å²) in [6.45, 7) is 1.52. The van der Waals surface area contributed by atoms with Gasteiger partial charge in [-0.2, -0.15) is 0 Å². The van der Waals surface area contributed by atoms with Gasteiger partial charge < -0.3 is 9.47 Å². The lowest BCUT2D eigenvalue weighted by molar-refractivity contribution is -0.111. The quantitative estimate of drug-likeness (QED) is 0.673. The van der Waals surface area contributed by atoms with Crippen LogP contribution < -0.4 is 0 Å². The zero-order valence-corrected chi connectivity index (χ0v) is 17.4. The molecule has 0 saturated carbocycles. The Morgan fingerprint density at radius 1 is 1.23 bits per heavy atom. The molecule has 0 N–H and O–H groups in total. The number of hydrogen-bond donors (Lipinski definition) is 0. The number of hydrogen-bond acceptors (Lipinski definition) is 4. The number of halogens is 2. The van der Waals surface area contributed by atoms with E-state index < -0.39 is 5.67 Å². The van der Waals surface area contributed by atoms with Crippen LogP contribution in [0.3, 0.4) is 0 Å². The molecule has 4 rings (SSSR count). The standard InChI is InChI=1S/C24H27F2NO3/c1-29-21-12-17-11-18(23(28)19(17)13-22(21)30-2)14-24(26)7-9-27(10-8-24)15-16-5-3-4-6-20(16)25/h3-6,13-14,21H,7-12,15H2,1-2H3/b18-14+. The third-order valence-corrected chi connectivity index (χ3v) is 6.35. The second-order valence-electron chi connectivity index (χ2n) is 8.27. The predicted octanol–water partition coefficient (Wildman–Crippen LogP) is 4.27. The van der Waals surface area contributed by atoms with Crippen LogP contribution in [0.2, 0.25) is 0 Å². The molecule has 0 radical (unpaired) electrons. The van der Waals surface area contributed by atoms with Crippen LogP contribution in [0.4, 0.5) is 8.78 Å². The molecule has 1 fully saturated rings. The van der Waals surface area contributed by atoms with Gasteiger partial charge in [-0.15, -0.1) is 0 Å². The SMILES string of the molecule is COC1=CC2=C(C/C(=C\C3(F)CCN(Cc4ccccc4F)CC3)C2=O)CC1OC. The van der Waals surface area contributed by atoms with Crippen LogP contribution in [0.25, 0.3) is 0 Å². The van der Waals surface area contributed by atoms with Gasteiger partial charge in [0, 0.05) is 49.9 Å². The number of piperidine rings is 1. The molecule has 2 aliphatic carbocycles. The molecular formula is C24H27F2NO3. The Hall–Kier alpha value is -2.31. The van der Waals surface area contributed by atoms with E-state index >= 15 is 4.39 Å². The van der Waals surface area contributed by atoms with Gasteiger partial charge in [-0.25, -0.2) is 8.78 Å². The van der Waals surface area contributed by atoms with Crippen molar-refractivity contribution in [1.29, 1.82) is 0 Å². The van der Waals surface area contributed by atoms with Gasteiger partial charge in [0.1, 0.15) is 23.3 Å². The maximum absolute atomic E-state index is 15.5. The molecule has 4 nitrogen and oxygen atoms in total. The highest BCUT2D eigenvalue weighted by Crippen LogP contribution is 2.40. The fraction of sp³-hybridized carbons (Fsp3) is 0.458. The van der Waals surface area contributed by atoms with Gasteiger partial charge in [-0.05, 0) is 37.5 Å². The fourth-order valence-corrected chi connectivity index (χ4v) is 4.56. The Labute approximate surface area is 175 Å². The van der Waals surface area contributed by atoms with Crippen molar-refractivity contribution in [3.8, 4) is 0 Å². The molecule has 1 atom stereocenters. The first kappa shape index (κ1) is 20.9. The number of ketones is 1. The van der Waals surface area contributed by atoms with E-state index in [0.717, 1.165) is 5.57 Å². The summed E-state index contributed by atoms with van der Waals surface area (Å²) in [6, 6.07) is 6.68. The van der Waals surface area contributed by atoms with Crippen LogP contribution in [-0.4, -0.2) is 49.8 Å². The number of nitrogens with zero attached hydrogens (tertiary/aromatic N) is 1. The Bertz CT molecular complexity index is 926. The maximum Gasteiger partial charge on any atom is 0.189 e. The highest BCUT2D eigenvalue weighted by atomic mass is 19.1. The van der Waals surface area contributed by atoms with Crippen LogP contribution in [0.5, 0.6) is 0 Å². The number of ether oxygens (including phenoxy) is 2. The van der Waals surface area contributed by atoms with E-state index in [2.05, 4.69) is 4.90 Å². The van der Waals surface area contributed by atoms with Gasteiger partial charge in [-0.3, -0.25) is 9.69 Å². The number of carbonyl (C=O) groups is 1. The Morgan fingerprint density at radius 2 is 1.97 bits per heavy atom. The van der Waals surface area contributed by atoms with Gasteiger partial charge in [0.2, 0.25) is 0 Å². The Morgan fingerprint density at radius 3 is 2.63 bits per heavy atom. The minimum atomic E-state index is -1.51. The number of carbonyl (C=O) groups excluding carboxylic acids is 1. The number of methoxy groups -OCH3 is 2. The average Bonchev–Trinajstić information content (AvgIpc) is 3.04. The molecule has 1 aromatic rings. The highest BCUT2D eigenvalue weighted by molar-refractivity contribution is 6.14. The number of benzene rings is 1. The van der Waals surface area contributed by atoms with E-state index in [0.29, 0.717) is 67.8 Å². The average molecular weight is 415 g/mol. The van der Waals surface area contributed by atoms with Gasteiger partial charge >= 0.3 is 0 Å².